The second kappa shape index (κ2) is 6.47. The summed E-state index contributed by atoms with van der Waals surface area (Å²) in [5.74, 6) is -0.889. The molecule has 9 nitrogen and oxygen atoms in total. The maximum absolute atomic E-state index is 13.1. The second-order valence-electron chi connectivity index (χ2n) is 4.77. The fraction of sp³-hybridized carbons (Fsp3) is 0.231. The Kier molecular flexibility index (Phi) is 4.35. The lowest BCUT2D eigenvalue weighted by molar-refractivity contribution is -0.286. The van der Waals surface area contributed by atoms with E-state index in [9.17, 15) is 13.6 Å². The number of carbonyl (C=O) groups is 1. The van der Waals surface area contributed by atoms with E-state index in [1.165, 1.54) is 18.3 Å². The summed E-state index contributed by atoms with van der Waals surface area (Å²) in [4.78, 5) is 22.8. The number of hydrogen-bond donors (Lipinski definition) is 3. The lowest BCUT2D eigenvalue weighted by Crippen LogP contribution is -2.26. The van der Waals surface area contributed by atoms with Crippen LogP contribution in [0.1, 0.15) is 16.3 Å². The zero-order valence-electron chi connectivity index (χ0n) is 13.0. The Hall–Kier alpha value is -3.02. The van der Waals surface area contributed by atoms with E-state index in [2.05, 4.69) is 39.4 Å². The number of amides is 1. The van der Waals surface area contributed by atoms with Gasteiger partial charge in [-0.05, 0) is 6.92 Å². The number of halogens is 2. The third kappa shape index (κ3) is 3.91. The average Bonchev–Trinajstić information content (AvgIpc) is 3.11. The third-order valence-corrected chi connectivity index (χ3v) is 3.60. The van der Waals surface area contributed by atoms with E-state index in [0.29, 0.717) is 10.8 Å². The van der Waals surface area contributed by atoms with E-state index in [0.717, 1.165) is 11.5 Å². The molecule has 0 spiro atoms. The van der Waals surface area contributed by atoms with Crippen molar-refractivity contribution in [3.63, 3.8) is 0 Å². The number of H-pyrrole nitrogens is 1. The van der Waals surface area contributed by atoms with Crippen LogP contribution >= 0.6 is 11.5 Å². The van der Waals surface area contributed by atoms with Gasteiger partial charge >= 0.3 is 6.29 Å². The van der Waals surface area contributed by atoms with Crippen LogP contribution in [0.5, 0.6) is 11.5 Å². The topological polar surface area (TPSA) is 114 Å². The molecule has 2 aromatic rings. The van der Waals surface area contributed by atoms with Crippen molar-refractivity contribution < 1.29 is 23.0 Å². The van der Waals surface area contributed by atoms with Gasteiger partial charge in [-0.3, -0.25) is 10.1 Å². The number of fused-ring (bicyclic) bond motifs is 1. The molecule has 132 valence electrons. The number of anilines is 2. The lowest BCUT2D eigenvalue weighted by atomic mass is 10.4. The number of aromatic amines is 1. The first-order valence-electron chi connectivity index (χ1n) is 6.89. The van der Waals surface area contributed by atoms with Gasteiger partial charge in [-0.1, -0.05) is 0 Å². The molecule has 3 N–H and O–H groups in total. The first kappa shape index (κ1) is 16.8. The summed E-state index contributed by atoms with van der Waals surface area (Å²) in [5.41, 5.74) is 0.388. The normalized spacial score (nSPS) is 13.9. The first-order valence-corrected chi connectivity index (χ1v) is 7.66. The van der Waals surface area contributed by atoms with Crippen LogP contribution in [0.15, 0.2) is 18.3 Å². The monoisotopic (exact) mass is 370 g/mol. The Bertz CT molecular complexity index is 867. The molecule has 0 radical (unpaired) electrons. The highest BCUT2D eigenvalue weighted by molar-refractivity contribution is 7.09. The second-order valence-corrected chi connectivity index (χ2v) is 5.52. The minimum Gasteiger partial charge on any atom is -0.395 e. The molecule has 0 aromatic carbocycles. The number of rotatable bonds is 3. The van der Waals surface area contributed by atoms with E-state index in [-0.39, 0.29) is 23.3 Å². The Morgan fingerprint density at radius 2 is 2.12 bits per heavy atom. The largest absolute Gasteiger partial charge is 0.586 e. The van der Waals surface area contributed by atoms with Gasteiger partial charge in [-0.25, -0.2) is 4.98 Å². The van der Waals surface area contributed by atoms with Crippen LogP contribution in [0.2, 0.25) is 0 Å². The molecule has 0 saturated heterocycles. The minimum atomic E-state index is -3.73. The number of ether oxygens (including phenoxy) is 2. The van der Waals surface area contributed by atoms with E-state index >= 15 is 0 Å². The number of aryl methyl sites for hydroxylation is 1. The summed E-state index contributed by atoms with van der Waals surface area (Å²) in [6, 6.07) is 2.49. The van der Waals surface area contributed by atoms with Crippen molar-refractivity contribution in [1.82, 2.24) is 19.3 Å². The van der Waals surface area contributed by atoms with Crippen molar-refractivity contribution in [3.8, 4) is 11.5 Å². The van der Waals surface area contributed by atoms with Gasteiger partial charge in [0.1, 0.15) is 0 Å². The summed E-state index contributed by atoms with van der Waals surface area (Å²) in [6.07, 6.45) is -2.55. The molecule has 1 aliphatic heterocycles. The lowest BCUT2D eigenvalue weighted by Gasteiger charge is -2.05. The molecule has 0 fully saturated rings. The van der Waals surface area contributed by atoms with Crippen molar-refractivity contribution in [2.75, 3.05) is 17.7 Å². The van der Waals surface area contributed by atoms with Crippen molar-refractivity contribution in [3.05, 3.63) is 29.8 Å². The van der Waals surface area contributed by atoms with Gasteiger partial charge in [0.15, 0.2) is 11.5 Å². The quantitative estimate of drug-likeness (QED) is 0.759. The molecule has 1 aliphatic rings. The fourth-order valence-corrected chi connectivity index (χ4v) is 2.38. The van der Waals surface area contributed by atoms with Gasteiger partial charge in [-0.15, -0.1) is 8.78 Å². The summed E-state index contributed by atoms with van der Waals surface area (Å²) >= 11 is 1.03. The van der Waals surface area contributed by atoms with Crippen molar-refractivity contribution >= 4 is 28.5 Å². The number of aromatic nitrogens is 4. The maximum atomic E-state index is 13.1. The number of nitrogens with zero attached hydrogens (tertiary/aromatic N) is 3. The van der Waals surface area contributed by atoms with Crippen LogP contribution in [-0.2, 0) is 0 Å². The Balaban J connectivity index is 1.88. The first-order chi connectivity index (χ1) is 11.9. The number of nitrogens with one attached hydrogen (secondary N) is 3. The van der Waals surface area contributed by atoms with Crippen LogP contribution in [0, 0.1) is 6.92 Å². The number of alkyl halides is 2. The van der Waals surface area contributed by atoms with Crippen molar-refractivity contribution in [2.24, 2.45) is 0 Å². The summed E-state index contributed by atoms with van der Waals surface area (Å²) in [7, 11) is 1.66. The van der Waals surface area contributed by atoms with Gasteiger partial charge in [0.05, 0.1) is 0 Å². The molecule has 0 saturated carbocycles. The molecule has 0 atom stereocenters. The van der Waals surface area contributed by atoms with Gasteiger partial charge in [0.25, 0.3) is 5.91 Å². The molecule has 2 aromatic heterocycles. The van der Waals surface area contributed by atoms with Crippen LogP contribution in [0.4, 0.5) is 19.9 Å². The van der Waals surface area contributed by atoms with Crippen LogP contribution in [-0.4, -0.2) is 38.6 Å². The van der Waals surface area contributed by atoms with Crippen molar-refractivity contribution in [1.29, 1.82) is 0 Å². The zero-order valence-corrected chi connectivity index (χ0v) is 13.8. The molecule has 1 amide bonds. The summed E-state index contributed by atoms with van der Waals surface area (Å²) in [5, 5.41) is 5.75. The molecule has 3 rings (SSSR count). The fourth-order valence-electron chi connectivity index (χ4n) is 1.87. The molecule has 25 heavy (non-hydrogen) atoms. The van der Waals surface area contributed by atoms with Crippen molar-refractivity contribution in [2.45, 2.75) is 13.2 Å². The average molecular weight is 370 g/mol. The number of carbonyl (C=O) groups excluding carboxylic acids is 1. The van der Waals surface area contributed by atoms with E-state index in [4.69, 9.17) is 0 Å². The number of hydrogen-bond acceptors (Lipinski definition) is 8. The molecular formula is C13H12F2N6O3S. The van der Waals surface area contributed by atoms with Crippen LogP contribution in [0.3, 0.4) is 0 Å². The smallest absolute Gasteiger partial charge is 0.395 e. The van der Waals surface area contributed by atoms with E-state index in [1.54, 1.807) is 14.0 Å². The maximum Gasteiger partial charge on any atom is 0.586 e. The van der Waals surface area contributed by atoms with Crippen LogP contribution < -0.4 is 20.1 Å². The predicted molar refractivity (Wildman–Crippen MR) is 84.6 cm³/mol. The minimum absolute atomic E-state index is 0.0312. The standard InChI is InChI=1S/C13H12F2N6O3S/c1-6-5-8-7(23-13(14,15)24-8)3-4-17-11(18-6)20-10(22)9-19-12(16-2)25-21-9/h3-5H,1-2H3,(H,16,19,21)(H2,17,18,20,22). The Morgan fingerprint density at radius 3 is 2.84 bits per heavy atom. The highest BCUT2D eigenvalue weighted by atomic mass is 32.1. The Morgan fingerprint density at radius 1 is 1.36 bits per heavy atom. The van der Waals surface area contributed by atoms with Gasteiger partial charge < -0.3 is 19.8 Å². The summed E-state index contributed by atoms with van der Waals surface area (Å²) < 4.78 is 38.9. The SMILES string of the molecule is CNc1nc(C(=O)Nc2nccc3c(cc(C)[nH]2)OC(F)(F)O3)ns1. The van der Waals surface area contributed by atoms with E-state index in [1.807, 2.05) is 0 Å². The molecule has 3 heterocycles. The molecular weight excluding hydrogens is 358 g/mol. The highest BCUT2D eigenvalue weighted by Crippen LogP contribution is 2.39. The highest BCUT2D eigenvalue weighted by Gasteiger charge is 2.43. The van der Waals surface area contributed by atoms with E-state index < -0.39 is 12.2 Å². The predicted octanol–water partition coefficient (Wildman–Crippen LogP) is 2.31. The summed E-state index contributed by atoms with van der Waals surface area (Å²) in [6.45, 7) is 1.58. The molecule has 0 bridgehead atoms. The molecule has 0 aliphatic carbocycles. The third-order valence-electron chi connectivity index (χ3n) is 2.87. The van der Waals surface area contributed by atoms with Gasteiger partial charge in [-0.2, -0.15) is 9.36 Å². The molecule has 12 heteroatoms. The van der Waals surface area contributed by atoms with Crippen LogP contribution in [0.25, 0.3) is 0 Å². The zero-order chi connectivity index (χ0) is 18.0. The van der Waals surface area contributed by atoms with Gasteiger partial charge in [0, 0.05) is 42.6 Å². The Labute approximate surface area is 143 Å². The van der Waals surface area contributed by atoms with Gasteiger partial charge in [0.2, 0.25) is 16.9 Å². The molecule has 0 unspecified atom stereocenters.